The molecule has 0 atom stereocenters. The SMILES string of the molecule is CCOC(=O)c1ncsc1NCc1ccnc(C)n1. The van der Waals surface area contributed by atoms with Crippen molar-refractivity contribution in [3.8, 4) is 0 Å². The molecule has 0 amide bonds. The van der Waals surface area contributed by atoms with E-state index in [1.165, 1.54) is 11.3 Å². The smallest absolute Gasteiger partial charge is 0.360 e. The van der Waals surface area contributed by atoms with Crippen LogP contribution in [0, 0.1) is 6.92 Å². The number of nitrogens with zero attached hydrogens (tertiary/aromatic N) is 3. The molecule has 2 aromatic rings. The van der Waals surface area contributed by atoms with Crippen molar-refractivity contribution >= 4 is 22.3 Å². The van der Waals surface area contributed by atoms with Gasteiger partial charge in [0.2, 0.25) is 0 Å². The van der Waals surface area contributed by atoms with E-state index in [0.29, 0.717) is 29.7 Å². The summed E-state index contributed by atoms with van der Waals surface area (Å²) in [6.07, 6.45) is 1.71. The van der Waals surface area contributed by atoms with Crippen LogP contribution in [-0.4, -0.2) is 27.5 Å². The van der Waals surface area contributed by atoms with Crippen molar-refractivity contribution in [3.05, 3.63) is 35.0 Å². The fourth-order valence-electron chi connectivity index (χ4n) is 1.49. The summed E-state index contributed by atoms with van der Waals surface area (Å²) in [5.41, 5.74) is 2.79. The van der Waals surface area contributed by atoms with Crippen molar-refractivity contribution in [2.45, 2.75) is 20.4 Å². The quantitative estimate of drug-likeness (QED) is 0.843. The molecule has 0 aliphatic heterocycles. The number of aryl methyl sites for hydroxylation is 1. The molecule has 2 rings (SSSR count). The molecule has 1 N–H and O–H groups in total. The number of ether oxygens (including phenoxy) is 1. The average molecular weight is 278 g/mol. The van der Waals surface area contributed by atoms with Gasteiger partial charge in [0.25, 0.3) is 0 Å². The molecule has 0 saturated heterocycles. The Morgan fingerprint density at radius 3 is 3.05 bits per heavy atom. The monoisotopic (exact) mass is 278 g/mol. The van der Waals surface area contributed by atoms with Gasteiger partial charge >= 0.3 is 5.97 Å². The van der Waals surface area contributed by atoms with Crippen molar-refractivity contribution in [2.24, 2.45) is 0 Å². The van der Waals surface area contributed by atoms with Gasteiger partial charge in [0.05, 0.1) is 24.4 Å². The average Bonchev–Trinajstić information content (AvgIpc) is 2.85. The van der Waals surface area contributed by atoms with Crippen molar-refractivity contribution in [1.29, 1.82) is 0 Å². The summed E-state index contributed by atoms with van der Waals surface area (Å²) >= 11 is 1.36. The highest BCUT2D eigenvalue weighted by Crippen LogP contribution is 2.21. The molecule has 0 saturated carbocycles. The Morgan fingerprint density at radius 1 is 1.47 bits per heavy atom. The van der Waals surface area contributed by atoms with Gasteiger partial charge in [0, 0.05) is 6.20 Å². The van der Waals surface area contributed by atoms with E-state index in [0.717, 1.165) is 5.69 Å². The van der Waals surface area contributed by atoms with Crippen LogP contribution in [0.4, 0.5) is 5.00 Å². The second-order valence-electron chi connectivity index (χ2n) is 3.70. The summed E-state index contributed by atoms with van der Waals surface area (Å²) in [4.78, 5) is 24.0. The standard InChI is InChI=1S/C12H14N4O2S/c1-3-18-12(17)10-11(19-7-15-10)14-6-9-4-5-13-8(2)16-9/h4-5,7,14H,3,6H2,1-2H3. The Balaban J connectivity index is 2.04. The number of rotatable bonds is 5. The molecule has 100 valence electrons. The molecular weight excluding hydrogens is 264 g/mol. The first-order chi connectivity index (χ1) is 9.20. The minimum absolute atomic E-state index is 0.317. The maximum Gasteiger partial charge on any atom is 0.360 e. The lowest BCUT2D eigenvalue weighted by Crippen LogP contribution is -2.09. The molecule has 0 aliphatic rings. The van der Waals surface area contributed by atoms with Crippen molar-refractivity contribution in [3.63, 3.8) is 0 Å². The van der Waals surface area contributed by atoms with E-state index in [2.05, 4.69) is 20.3 Å². The molecule has 0 bridgehead atoms. The first-order valence-corrected chi connectivity index (χ1v) is 6.71. The Hall–Kier alpha value is -2.02. The second kappa shape index (κ2) is 6.24. The summed E-state index contributed by atoms with van der Waals surface area (Å²) in [5, 5.41) is 3.83. The third kappa shape index (κ3) is 3.47. The summed E-state index contributed by atoms with van der Waals surface area (Å²) in [6.45, 7) is 4.44. The number of carbonyl (C=O) groups excluding carboxylic acids is 1. The molecule has 0 spiro atoms. The molecule has 2 aromatic heterocycles. The van der Waals surface area contributed by atoms with Crippen molar-refractivity contribution < 1.29 is 9.53 Å². The van der Waals surface area contributed by atoms with E-state index in [-0.39, 0.29) is 0 Å². The molecule has 0 fully saturated rings. The highest BCUT2D eigenvalue weighted by molar-refractivity contribution is 7.14. The Bertz CT molecular complexity index is 570. The minimum atomic E-state index is -0.412. The minimum Gasteiger partial charge on any atom is -0.461 e. The van der Waals surface area contributed by atoms with Crippen LogP contribution in [0.25, 0.3) is 0 Å². The number of aromatic nitrogens is 3. The van der Waals surface area contributed by atoms with Gasteiger partial charge in [-0.3, -0.25) is 0 Å². The molecule has 0 unspecified atom stereocenters. The van der Waals surface area contributed by atoms with Crippen LogP contribution in [0.1, 0.15) is 28.9 Å². The van der Waals surface area contributed by atoms with Gasteiger partial charge in [-0.2, -0.15) is 0 Å². The number of anilines is 1. The van der Waals surface area contributed by atoms with E-state index in [1.54, 1.807) is 18.6 Å². The lowest BCUT2D eigenvalue weighted by atomic mass is 10.4. The fraction of sp³-hybridized carbons (Fsp3) is 0.333. The van der Waals surface area contributed by atoms with E-state index in [9.17, 15) is 4.79 Å². The third-order valence-electron chi connectivity index (χ3n) is 2.30. The van der Waals surface area contributed by atoms with Crippen LogP contribution in [0.2, 0.25) is 0 Å². The van der Waals surface area contributed by atoms with Gasteiger partial charge in [-0.25, -0.2) is 19.7 Å². The molecule has 19 heavy (non-hydrogen) atoms. The molecule has 0 radical (unpaired) electrons. The maximum atomic E-state index is 11.6. The summed E-state index contributed by atoms with van der Waals surface area (Å²) in [5.74, 6) is 0.305. The molecule has 0 aliphatic carbocycles. The van der Waals surface area contributed by atoms with E-state index in [1.807, 2.05) is 13.0 Å². The topological polar surface area (TPSA) is 77.0 Å². The van der Waals surface area contributed by atoms with Gasteiger partial charge in [0.1, 0.15) is 10.8 Å². The molecule has 6 nitrogen and oxygen atoms in total. The lowest BCUT2D eigenvalue weighted by molar-refractivity contribution is 0.0521. The number of hydrogen-bond acceptors (Lipinski definition) is 7. The fourth-order valence-corrected chi connectivity index (χ4v) is 2.16. The third-order valence-corrected chi connectivity index (χ3v) is 3.08. The summed E-state index contributed by atoms with van der Waals surface area (Å²) < 4.78 is 4.94. The number of hydrogen-bond donors (Lipinski definition) is 1. The first kappa shape index (κ1) is 13.4. The predicted octanol–water partition coefficient (Wildman–Crippen LogP) is 2.03. The molecule has 7 heteroatoms. The number of carbonyl (C=O) groups is 1. The first-order valence-electron chi connectivity index (χ1n) is 5.83. The normalized spacial score (nSPS) is 10.2. The zero-order chi connectivity index (χ0) is 13.7. The van der Waals surface area contributed by atoms with Crippen molar-refractivity contribution in [2.75, 3.05) is 11.9 Å². The van der Waals surface area contributed by atoms with Crippen molar-refractivity contribution in [1.82, 2.24) is 15.0 Å². The lowest BCUT2D eigenvalue weighted by Gasteiger charge is -2.05. The van der Waals surface area contributed by atoms with Crippen LogP contribution < -0.4 is 5.32 Å². The number of thiazole rings is 1. The van der Waals surface area contributed by atoms with Gasteiger partial charge in [0.15, 0.2) is 5.69 Å². The van der Waals surface area contributed by atoms with Crippen LogP contribution in [-0.2, 0) is 11.3 Å². The maximum absolute atomic E-state index is 11.6. The van der Waals surface area contributed by atoms with Crippen LogP contribution in [0.15, 0.2) is 17.8 Å². The summed E-state index contributed by atoms with van der Waals surface area (Å²) in [6, 6.07) is 1.82. The van der Waals surface area contributed by atoms with Crippen LogP contribution in [0.3, 0.4) is 0 Å². The molecular formula is C12H14N4O2S. The number of nitrogens with one attached hydrogen (secondary N) is 1. The van der Waals surface area contributed by atoms with Gasteiger partial charge in [-0.1, -0.05) is 0 Å². The highest BCUT2D eigenvalue weighted by atomic mass is 32.1. The van der Waals surface area contributed by atoms with Gasteiger partial charge in [-0.05, 0) is 19.9 Å². The Labute approximate surface area is 114 Å². The number of esters is 1. The largest absolute Gasteiger partial charge is 0.461 e. The molecule has 2 heterocycles. The van der Waals surface area contributed by atoms with Crippen LogP contribution in [0.5, 0.6) is 0 Å². The predicted molar refractivity (Wildman–Crippen MR) is 72.2 cm³/mol. The summed E-state index contributed by atoms with van der Waals surface area (Å²) in [7, 11) is 0. The Kier molecular flexibility index (Phi) is 4.40. The highest BCUT2D eigenvalue weighted by Gasteiger charge is 2.15. The second-order valence-corrected chi connectivity index (χ2v) is 4.55. The van der Waals surface area contributed by atoms with E-state index >= 15 is 0 Å². The Morgan fingerprint density at radius 2 is 2.32 bits per heavy atom. The van der Waals surface area contributed by atoms with Crippen LogP contribution >= 0.6 is 11.3 Å². The van der Waals surface area contributed by atoms with E-state index in [4.69, 9.17) is 4.74 Å². The van der Waals surface area contributed by atoms with Gasteiger partial charge < -0.3 is 10.1 Å². The van der Waals surface area contributed by atoms with E-state index < -0.39 is 5.97 Å². The molecule has 0 aromatic carbocycles. The zero-order valence-electron chi connectivity index (χ0n) is 10.7. The van der Waals surface area contributed by atoms with Gasteiger partial charge in [-0.15, -0.1) is 11.3 Å². The zero-order valence-corrected chi connectivity index (χ0v) is 11.5.